The molecule has 1 N–H and O–H groups in total. The van der Waals surface area contributed by atoms with Crippen LogP contribution >= 0.6 is 34.7 Å². The number of carbonyl (C=O) groups is 1. The third-order valence-corrected chi connectivity index (χ3v) is 6.14. The molecule has 0 spiro atoms. The molecule has 0 aliphatic heterocycles. The van der Waals surface area contributed by atoms with Crippen LogP contribution in [0.5, 0.6) is 0 Å². The van der Waals surface area contributed by atoms with Crippen molar-refractivity contribution in [3.8, 4) is 0 Å². The first-order valence-corrected chi connectivity index (χ1v) is 10.9. The summed E-state index contributed by atoms with van der Waals surface area (Å²) in [6.45, 7) is 3.24. The van der Waals surface area contributed by atoms with Crippen LogP contribution in [0.4, 0.5) is 10.8 Å². The number of sulfonamides is 1. The van der Waals surface area contributed by atoms with Crippen LogP contribution < -0.4 is 9.62 Å². The summed E-state index contributed by atoms with van der Waals surface area (Å²) in [6.07, 6.45) is 2.77. The number of halogens is 1. The van der Waals surface area contributed by atoms with Gasteiger partial charge >= 0.3 is 0 Å². The Balaban J connectivity index is 2.08. The third-order valence-electron chi connectivity index (χ3n) is 2.78. The highest BCUT2D eigenvalue weighted by Gasteiger charge is 2.21. The van der Waals surface area contributed by atoms with Crippen molar-refractivity contribution in [2.75, 3.05) is 28.2 Å². The van der Waals surface area contributed by atoms with Crippen LogP contribution in [0.15, 0.2) is 41.3 Å². The van der Waals surface area contributed by atoms with E-state index < -0.39 is 15.9 Å². The summed E-state index contributed by atoms with van der Waals surface area (Å²) >= 11 is 8.46. The Bertz CT molecular complexity index is 852. The van der Waals surface area contributed by atoms with E-state index in [-0.39, 0.29) is 6.54 Å². The Hall–Kier alpha value is -1.62. The standard InChI is InChI=1S/C14H15ClN4O3S3/c1-3-8-23-14-18-17-13(24-14)16-12(20)9-19(25(2,21)22)11-6-4-10(15)5-7-11/h3-7H,1,8-9H2,2H3,(H,16,17,20). The molecule has 0 saturated carbocycles. The monoisotopic (exact) mass is 418 g/mol. The van der Waals surface area contributed by atoms with E-state index in [1.807, 2.05) is 0 Å². The van der Waals surface area contributed by atoms with Gasteiger partial charge in [0.25, 0.3) is 0 Å². The highest BCUT2D eigenvalue weighted by molar-refractivity contribution is 8.01. The number of amides is 1. The lowest BCUT2D eigenvalue weighted by atomic mass is 10.3. The van der Waals surface area contributed by atoms with Crippen molar-refractivity contribution in [2.45, 2.75) is 4.34 Å². The predicted molar refractivity (Wildman–Crippen MR) is 103 cm³/mol. The lowest BCUT2D eigenvalue weighted by Crippen LogP contribution is -2.37. The molecule has 0 fully saturated rings. The molecule has 0 unspecified atom stereocenters. The fourth-order valence-corrected chi connectivity index (χ4v) is 4.26. The predicted octanol–water partition coefficient (Wildman–Crippen LogP) is 2.87. The van der Waals surface area contributed by atoms with Crippen LogP contribution in [0, 0.1) is 0 Å². The van der Waals surface area contributed by atoms with Gasteiger partial charge in [0, 0.05) is 10.8 Å². The van der Waals surface area contributed by atoms with E-state index in [9.17, 15) is 13.2 Å². The molecule has 0 radical (unpaired) electrons. The first kappa shape index (κ1) is 19.7. The number of benzene rings is 1. The Kier molecular flexibility index (Phi) is 6.82. The van der Waals surface area contributed by atoms with Crippen molar-refractivity contribution in [1.29, 1.82) is 0 Å². The Morgan fingerprint density at radius 2 is 2.08 bits per heavy atom. The second kappa shape index (κ2) is 8.65. The number of hydrogen-bond acceptors (Lipinski definition) is 7. The molecule has 0 aliphatic carbocycles. The Morgan fingerprint density at radius 1 is 1.40 bits per heavy atom. The van der Waals surface area contributed by atoms with E-state index in [1.54, 1.807) is 18.2 Å². The summed E-state index contributed by atoms with van der Waals surface area (Å²) in [6, 6.07) is 6.18. The van der Waals surface area contributed by atoms with E-state index in [1.165, 1.54) is 35.2 Å². The number of anilines is 2. The van der Waals surface area contributed by atoms with Gasteiger partial charge in [-0.3, -0.25) is 14.4 Å². The first-order valence-electron chi connectivity index (χ1n) is 6.90. The van der Waals surface area contributed by atoms with Gasteiger partial charge in [-0.05, 0) is 24.3 Å². The van der Waals surface area contributed by atoms with Gasteiger partial charge in [0.05, 0.1) is 11.9 Å². The second-order valence-corrected chi connectivity index (χ2v) is 9.35. The molecule has 1 heterocycles. The van der Waals surface area contributed by atoms with Crippen LogP contribution in [0.3, 0.4) is 0 Å². The maximum absolute atomic E-state index is 12.2. The van der Waals surface area contributed by atoms with Crippen molar-refractivity contribution in [2.24, 2.45) is 0 Å². The van der Waals surface area contributed by atoms with Crippen LogP contribution in [0.2, 0.25) is 5.02 Å². The number of carbonyl (C=O) groups excluding carboxylic acids is 1. The van der Waals surface area contributed by atoms with Crippen LogP contribution in [0.1, 0.15) is 0 Å². The molecular weight excluding hydrogens is 404 g/mol. The van der Waals surface area contributed by atoms with Gasteiger partial charge in [-0.15, -0.1) is 16.8 Å². The minimum atomic E-state index is -3.64. The molecule has 0 bridgehead atoms. The number of nitrogens with one attached hydrogen (secondary N) is 1. The van der Waals surface area contributed by atoms with Crippen LogP contribution in [-0.4, -0.2) is 43.1 Å². The highest BCUT2D eigenvalue weighted by Crippen LogP contribution is 2.25. The average Bonchev–Trinajstić information content (AvgIpc) is 2.98. The lowest BCUT2D eigenvalue weighted by Gasteiger charge is -2.21. The molecule has 1 amide bonds. The van der Waals surface area contributed by atoms with Crippen molar-refractivity contribution in [3.63, 3.8) is 0 Å². The number of hydrogen-bond donors (Lipinski definition) is 1. The van der Waals surface area contributed by atoms with Crippen molar-refractivity contribution in [1.82, 2.24) is 10.2 Å². The smallest absolute Gasteiger partial charge is 0.246 e. The van der Waals surface area contributed by atoms with Gasteiger partial charge in [0.15, 0.2) is 4.34 Å². The number of aromatic nitrogens is 2. The zero-order valence-electron chi connectivity index (χ0n) is 13.2. The number of thioether (sulfide) groups is 1. The molecule has 134 valence electrons. The zero-order chi connectivity index (χ0) is 18.4. The van der Waals surface area contributed by atoms with Gasteiger partial charge in [-0.2, -0.15) is 0 Å². The SMILES string of the molecule is C=CCSc1nnc(NC(=O)CN(c2ccc(Cl)cc2)S(C)(=O)=O)s1. The fourth-order valence-electron chi connectivity index (χ4n) is 1.75. The van der Waals surface area contributed by atoms with Crippen molar-refractivity contribution >= 4 is 61.4 Å². The first-order chi connectivity index (χ1) is 11.8. The molecule has 1 aromatic carbocycles. The largest absolute Gasteiger partial charge is 0.299 e. The van der Waals surface area contributed by atoms with Gasteiger partial charge in [-0.1, -0.05) is 40.8 Å². The molecule has 2 rings (SSSR count). The highest BCUT2D eigenvalue weighted by atomic mass is 35.5. The summed E-state index contributed by atoms with van der Waals surface area (Å²) in [5.74, 6) is 0.165. The molecule has 0 atom stereocenters. The second-order valence-electron chi connectivity index (χ2n) is 4.77. The van der Waals surface area contributed by atoms with E-state index in [4.69, 9.17) is 11.6 Å². The van der Waals surface area contributed by atoms with Gasteiger partial charge in [0.1, 0.15) is 6.54 Å². The average molecular weight is 419 g/mol. The molecule has 0 aliphatic rings. The van der Waals surface area contributed by atoms with Gasteiger partial charge in [0.2, 0.25) is 21.1 Å². The van der Waals surface area contributed by atoms with E-state index in [2.05, 4.69) is 22.1 Å². The number of rotatable bonds is 8. The molecule has 2 aromatic rings. The summed E-state index contributed by atoms with van der Waals surface area (Å²) < 4.78 is 25.7. The van der Waals surface area contributed by atoms with Crippen molar-refractivity contribution < 1.29 is 13.2 Å². The minimum absolute atomic E-state index is 0.307. The minimum Gasteiger partial charge on any atom is -0.299 e. The molecular formula is C14H15ClN4O3S3. The van der Waals surface area contributed by atoms with Crippen LogP contribution in [0.25, 0.3) is 0 Å². The topological polar surface area (TPSA) is 92.3 Å². The molecule has 1 aromatic heterocycles. The molecule has 0 saturated heterocycles. The van der Waals surface area contributed by atoms with Gasteiger partial charge in [-0.25, -0.2) is 8.42 Å². The summed E-state index contributed by atoms with van der Waals surface area (Å²) in [5.41, 5.74) is 0.349. The molecule has 7 nitrogen and oxygen atoms in total. The number of nitrogens with zero attached hydrogens (tertiary/aromatic N) is 3. The van der Waals surface area contributed by atoms with Crippen LogP contribution in [-0.2, 0) is 14.8 Å². The summed E-state index contributed by atoms with van der Waals surface area (Å²) in [5, 5.41) is 11.1. The van der Waals surface area contributed by atoms with E-state index in [0.717, 1.165) is 10.6 Å². The molecule has 25 heavy (non-hydrogen) atoms. The van der Waals surface area contributed by atoms with Crippen molar-refractivity contribution in [3.05, 3.63) is 41.9 Å². The molecule has 11 heteroatoms. The summed E-state index contributed by atoms with van der Waals surface area (Å²) in [4.78, 5) is 12.2. The summed E-state index contributed by atoms with van der Waals surface area (Å²) in [7, 11) is -3.64. The lowest BCUT2D eigenvalue weighted by molar-refractivity contribution is -0.114. The normalized spacial score (nSPS) is 11.1. The maximum atomic E-state index is 12.2. The van der Waals surface area contributed by atoms with E-state index >= 15 is 0 Å². The third kappa shape index (κ3) is 5.99. The fraction of sp³-hybridized carbons (Fsp3) is 0.214. The Labute approximate surface area is 159 Å². The zero-order valence-corrected chi connectivity index (χ0v) is 16.4. The van der Waals surface area contributed by atoms with Gasteiger partial charge < -0.3 is 0 Å². The Morgan fingerprint density at radius 3 is 2.68 bits per heavy atom. The maximum Gasteiger partial charge on any atom is 0.246 e. The quantitative estimate of drug-likeness (QED) is 0.402. The van der Waals surface area contributed by atoms with E-state index in [0.29, 0.717) is 25.9 Å².